The van der Waals surface area contributed by atoms with E-state index in [2.05, 4.69) is 10.6 Å². The van der Waals surface area contributed by atoms with Gasteiger partial charge in [0.15, 0.2) is 0 Å². The fourth-order valence-electron chi connectivity index (χ4n) is 5.34. The van der Waals surface area contributed by atoms with E-state index in [4.69, 9.17) is 4.74 Å². The van der Waals surface area contributed by atoms with Crippen LogP contribution in [0.2, 0.25) is 0 Å². The highest BCUT2D eigenvalue weighted by Crippen LogP contribution is 2.54. The van der Waals surface area contributed by atoms with Crippen molar-refractivity contribution in [3.8, 4) is 0 Å². The number of hydrogen-bond donors (Lipinski definition) is 2. The van der Waals surface area contributed by atoms with Crippen LogP contribution in [0.25, 0.3) is 0 Å². The number of rotatable bonds is 6. The molecule has 156 valence electrons. The summed E-state index contributed by atoms with van der Waals surface area (Å²) >= 11 is 0. The van der Waals surface area contributed by atoms with Crippen molar-refractivity contribution < 1.29 is 19.1 Å². The first kappa shape index (κ1) is 20.0. The minimum Gasteiger partial charge on any atom is -0.385 e. The van der Waals surface area contributed by atoms with Crippen molar-refractivity contribution in [2.75, 3.05) is 25.6 Å². The lowest BCUT2D eigenvalue weighted by Crippen LogP contribution is -2.54. The summed E-state index contributed by atoms with van der Waals surface area (Å²) in [5.41, 5.74) is 1.42. The molecule has 3 amide bonds. The van der Waals surface area contributed by atoms with Gasteiger partial charge in [0.05, 0.1) is 11.8 Å². The van der Waals surface area contributed by atoms with Gasteiger partial charge < -0.3 is 10.1 Å². The number of imide groups is 1. The highest BCUT2D eigenvalue weighted by molar-refractivity contribution is 6.15. The van der Waals surface area contributed by atoms with E-state index in [1.54, 1.807) is 7.11 Å². The molecule has 0 radical (unpaired) electrons. The quantitative estimate of drug-likeness (QED) is 0.561. The van der Waals surface area contributed by atoms with Gasteiger partial charge in [-0.2, -0.15) is 0 Å². The second kappa shape index (κ2) is 7.22. The SMILES string of the molecule is CCc1cccc2c1NC(=O)C21NC(C(C)C)C2C(=O)N(CCCOC)C(=O)C21. The first-order chi connectivity index (χ1) is 13.9. The van der Waals surface area contributed by atoms with Crippen LogP contribution in [-0.2, 0) is 31.1 Å². The molecule has 4 rings (SSSR count). The van der Waals surface area contributed by atoms with E-state index in [1.807, 2.05) is 39.0 Å². The minimum atomic E-state index is -1.19. The Kier molecular flexibility index (Phi) is 4.99. The number of fused-ring (bicyclic) bond motifs is 4. The maximum atomic E-state index is 13.5. The van der Waals surface area contributed by atoms with Gasteiger partial charge in [-0.05, 0) is 24.3 Å². The first-order valence-electron chi connectivity index (χ1n) is 10.4. The third-order valence-electron chi connectivity index (χ3n) is 6.69. The maximum Gasteiger partial charge on any atom is 0.250 e. The number of para-hydroxylation sites is 1. The van der Waals surface area contributed by atoms with E-state index in [1.165, 1.54) is 4.90 Å². The smallest absolute Gasteiger partial charge is 0.250 e. The molecule has 0 saturated carbocycles. The molecule has 3 heterocycles. The van der Waals surface area contributed by atoms with E-state index in [0.29, 0.717) is 19.6 Å². The molecule has 7 nitrogen and oxygen atoms in total. The predicted molar refractivity (Wildman–Crippen MR) is 108 cm³/mol. The number of benzene rings is 1. The summed E-state index contributed by atoms with van der Waals surface area (Å²) in [6.07, 6.45) is 1.36. The zero-order valence-corrected chi connectivity index (χ0v) is 17.5. The van der Waals surface area contributed by atoms with Crippen LogP contribution >= 0.6 is 0 Å². The Bertz CT molecular complexity index is 868. The van der Waals surface area contributed by atoms with Gasteiger partial charge in [-0.1, -0.05) is 39.0 Å². The van der Waals surface area contributed by atoms with E-state index in [-0.39, 0.29) is 29.7 Å². The average molecular weight is 399 g/mol. The van der Waals surface area contributed by atoms with Crippen LogP contribution in [-0.4, -0.2) is 48.9 Å². The minimum absolute atomic E-state index is 0.101. The third kappa shape index (κ3) is 2.67. The van der Waals surface area contributed by atoms with Crippen LogP contribution in [0.15, 0.2) is 18.2 Å². The Hall–Kier alpha value is -2.25. The molecule has 1 aromatic rings. The summed E-state index contributed by atoms with van der Waals surface area (Å²) in [5, 5.41) is 6.49. The van der Waals surface area contributed by atoms with Crippen LogP contribution in [0.3, 0.4) is 0 Å². The van der Waals surface area contributed by atoms with Gasteiger partial charge in [-0.3, -0.25) is 24.6 Å². The number of hydrogen-bond acceptors (Lipinski definition) is 5. The van der Waals surface area contributed by atoms with Crippen molar-refractivity contribution in [3.63, 3.8) is 0 Å². The molecule has 1 spiro atoms. The van der Waals surface area contributed by atoms with Crippen molar-refractivity contribution in [2.45, 2.75) is 45.2 Å². The molecule has 0 aromatic heterocycles. The zero-order valence-electron chi connectivity index (χ0n) is 17.5. The van der Waals surface area contributed by atoms with Crippen molar-refractivity contribution in [2.24, 2.45) is 17.8 Å². The Balaban J connectivity index is 1.82. The van der Waals surface area contributed by atoms with Crippen molar-refractivity contribution in [1.29, 1.82) is 0 Å². The number of likely N-dealkylation sites (tertiary alicyclic amines) is 1. The molecule has 7 heteroatoms. The number of methoxy groups -OCH3 is 1. The number of anilines is 1. The maximum absolute atomic E-state index is 13.5. The molecule has 0 aliphatic carbocycles. The molecule has 29 heavy (non-hydrogen) atoms. The molecule has 4 unspecified atom stereocenters. The van der Waals surface area contributed by atoms with Gasteiger partial charge in [0, 0.05) is 37.6 Å². The Morgan fingerprint density at radius 3 is 2.62 bits per heavy atom. The van der Waals surface area contributed by atoms with E-state index in [0.717, 1.165) is 23.2 Å². The first-order valence-corrected chi connectivity index (χ1v) is 10.4. The van der Waals surface area contributed by atoms with Crippen LogP contribution in [0.4, 0.5) is 5.69 Å². The Morgan fingerprint density at radius 2 is 1.97 bits per heavy atom. The molecule has 0 bridgehead atoms. The molecular weight excluding hydrogens is 370 g/mol. The summed E-state index contributed by atoms with van der Waals surface area (Å²) in [5.74, 6) is -1.82. The van der Waals surface area contributed by atoms with E-state index in [9.17, 15) is 14.4 Å². The Morgan fingerprint density at radius 1 is 1.21 bits per heavy atom. The normalized spacial score (nSPS) is 30.4. The molecule has 2 N–H and O–H groups in total. The summed E-state index contributed by atoms with van der Waals surface area (Å²) in [6, 6.07) is 5.58. The second-order valence-corrected chi connectivity index (χ2v) is 8.55. The largest absolute Gasteiger partial charge is 0.385 e. The Labute approximate surface area is 171 Å². The lowest BCUT2D eigenvalue weighted by atomic mass is 9.75. The number of aryl methyl sites for hydroxylation is 1. The molecule has 3 aliphatic rings. The van der Waals surface area contributed by atoms with Gasteiger partial charge in [0.25, 0.3) is 0 Å². The number of nitrogens with one attached hydrogen (secondary N) is 2. The fourth-order valence-corrected chi connectivity index (χ4v) is 5.34. The molecule has 2 saturated heterocycles. The number of carbonyl (C=O) groups excluding carboxylic acids is 3. The molecule has 2 fully saturated rings. The highest BCUT2D eigenvalue weighted by Gasteiger charge is 2.70. The summed E-state index contributed by atoms with van der Waals surface area (Å²) in [4.78, 5) is 41.5. The topological polar surface area (TPSA) is 87.7 Å². The second-order valence-electron chi connectivity index (χ2n) is 8.55. The highest BCUT2D eigenvalue weighted by atomic mass is 16.5. The summed E-state index contributed by atoms with van der Waals surface area (Å²) in [6.45, 7) is 6.89. The van der Waals surface area contributed by atoms with Gasteiger partial charge in [-0.15, -0.1) is 0 Å². The average Bonchev–Trinajstić information content (AvgIpc) is 3.28. The summed E-state index contributed by atoms with van der Waals surface area (Å²) in [7, 11) is 1.60. The van der Waals surface area contributed by atoms with Crippen molar-refractivity contribution in [1.82, 2.24) is 10.2 Å². The van der Waals surface area contributed by atoms with Crippen LogP contribution in [0, 0.1) is 17.8 Å². The number of ether oxygens (including phenoxy) is 1. The van der Waals surface area contributed by atoms with E-state index >= 15 is 0 Å². The van der Waals surface area contributed by atoms with E-state index < -0.39 is 17.4 Å². The van der Waals surface area contributed by atoms with Crippen LogP contribution in [0.5, 0.6) is 0 Å². The number of amides is 3. The van der Waals surface area contributed by atoms with Crippen LogP contribution < -0.4 is 10.6 Å². The van der Waals surface area contributed by atoms with Gasteiger partial charge in [-0.25, -0.2) is 0 Å². The molecule has 3 aliphatic heterocycles. The van der Waals surface area contributed by atoms with Gasteiger partial charge in [0.1, 0.15) is 5.54 Å². The lowest BCUT2D eigenvalue weighted by Gasteiger charge is -2.30. The standard InChI is InChI=1S/C22H29N3O4/c1-5-13-8-6-9-14-18(13)23-21(28)22(14)16-15(17(24-22)12(2)3)19(26)25(20(16)27)10-7-11-29-4/h6,8-9,12,15-17,24H,5,7,10-11H2,1-4H3,(H,23,28). The van der Waals surface area contributed by atoms with Gasteiger partial charge in [0.2, 0.25) is 17.7 Å². The fraction of sp³-hybridized carbons (Fsp3) is 0.591. The zero-order chi connectivity index (χ0) is 20.9. The lowest BCUT2D eigenvalue weighted by molar-refractivity contribution is -0.143. The van der Waals surface area contributed by atoms with Crippen molar-refractivity contribution >= 4 is 23.4 Å². The molecular formula is C22H29N3O4. The summed E-state index contributed by atoms with van der Waals surface area (Å²) < 4.78 is 5.08. The van der Waals surface area contributed by atoms with Crippen LogP contribution in [0.1, 0.15) is 38.3 Å². The van der Waals surface area contributed by atoms with Gasteiger partial charge >= 0.3 is 0 Å². The molecule has 1 aromatic carbocycles. The monoisotopic (exact) mass is 399 g/mol. The molecule has 4 atom stereocenters. The number of nitrogens with zero attached hydrogens (tertiary/aromatic N) is 1. The predicted octanol–water partition coefficient (Wildman–Crippen LogP) is 1.66. The third-order valence-corrected chi connectivity index (χ3v) is 6.69. The van der Waals surface area contributed by atoms with Crippen molar-refractivity contribution in [3.05, 3.63) is 29.3 Å². The number of carbonyl (C=O) groups is 3.